The minimum absolute atomic E-state index is 0.0278. The van der Waals surface area contributed by atoms with Crippen molar-refractivity contribution in [1.82, 2.24) is 0 Å². The minimum atomic E-state index is 0.0278. The van der Waals surface area contributed by atoms with Gasteiger partial charge in [0.15, 0.2) is 0 Å². The first-order valence-electron chi connectivity index (χ1n) is 5.81. The molecule has 1 fully saturated rings. The second-order valence-corrected chi connectivity index (χ2v) is 4.59. The summed E-state index contributed by atoms with van der Waals surface area (Å²) in [6.07, 6.45) is 3.46. The van der Waals surface area contributed by atoms with Gasteiger partial charge in [0.1, 0.15) is 5.75 Å². The fraction of sp³-hybridized carbons (Fsp3) is 0.538. The third-order valence-corrected chi connectivity index (χ3v) is 3.31. The lowest BCUT2D eigenvalue weighted by Crippen LogP contribution is -2.17. The number of hydrogen-bond acceptors (Lipinski definition) is 3. The third-order valence-electron chi connectivity index (χ3n) is 3.31. The maximum Gasteiger partial charge on any atom is 0.124 e. The molecular formula is C13H19NO2. The summed E-state index contributed by atoms with van der Waals surface area (Å²) in [7, 11) is 0. The predicted molar refractivity (Wildman–Crippen MR) is 63.2 cm³/mol. The molecule has 0 unspecified atom stereocenters. The van der Waals surface area contributed by atoms with Crippen LogP contribution in [0.5, 0.6) is 5.75 Å². The Kier molecular flexibility index (Phi) is 3.46. The standard InChI is InChI=1S/C13H19NO2/c14-8-7-13(5-6-13)10-16-12-4-2-1-3-11(12)9-15/h1-4,15H,5-10,14H2. The number of hydrogen-bond donors (Lipinski definition) is 2. The number of nitrogens with two attached hydrogens (primary N) is 1. The largest absolute Gasteiger partial charge is 0.493 e. The van der Waals surface area contributed by atoms with E-state index in [0.29, 0.717) is 5.41 Å². The summed E-state index contributed by atoms with van der Waals surface area (Å²) in [6.45, 7) is 1.48. The van der Waals surface area contributed by atoms with Crippen LogP contribution in [0.25, 0.3) is 0 Å². The van der Waals surface area contributed by atoms with Gasteiger partial charge in [0.2, 0.25) is 0 Å². The van der Waals surface area contributed by atoms with Gasteiger partial charge in [-0.25, -0.2) is 0 Å². The van der Waals surface area contributed by atoms with E-state index in [1.165, 1.54) is 12.8 Å². The minimum Gasteiger partial charge on any atom is -0.493 e. The van der Waals surface area contributed by atoms with E-state index in [-0.39, 0.29) is 6.61 Å². The van der Waals surface area contributed by atoms with Gasteiger partial charge in [-0.2, -0.15) is 0 Å². The molecule has 1 aliphatic carbocycles. The first-order valence-corrected chi connectivity index (χ1v) is 5.81. The van der Waals surface area contributed by atoms with Crippen LogP contribution in [-0.4, -0.2) is 18.3 Å². The summed E-state index contributed by atoms with van der Waals surface area (Å²) in [5.74, 6) is 0.799. The summed E-state index contributed by atoms with van der Waals surface area (Å²) in [6, 6.07) is 7.63. The number of ether oxygens (including phenoxy) is 1. The van der Waals surface area contributed by atoms with Crippen LogP contribution in [0.1, 0.15) is 24.8 Å². The van der Waals surface area contributed by atoms with Crippen molar-refractivity contribution < 1.29 is 9.84 Å². The molecule has 16 heavy (non-hydrogen) atoms. The maximum absolute atomic E-state index is 9.17. The molecule has 1 aromatic rings. The van der Waals surface area contributed by atoms with Crippen molar-refractivity contribution in [3.8, 4) is 5.75 Å². The van der Waals surface area contributed by atoms with Gasteiger partial charge in [-0.3, -0.25) is 0 Å². The zero-order chi connectivity index (χ0) is 11.4. The van der Waals surface area contributed by atoms with Crippen LogP contribution in [-0.2, 0) is 6.61 Å². The van der Waals surface area contributed by atoms with Crippen molar-refractivity contribution in [2.45, 2.75) is 25.9 Å². The van der Waals surface area contributed by atoms with Crippen molar-refractivity contribution >= 4 is 0 Å². The molecule has 3 nitrogen and oxygen atoms in total. The smallest absolute Gasteiger partial charge is 0.124 e. The van der Waals surface area contributed by atoms with Gasteiger partial charge in [0, 0.05) is 11.0 Å². The van der Waals surface area contributed by atoms with Crippen molar-refractivity contribution in [3.05, 3.63) is 29.8 Å². The quantitative estimate of drug-likeness (QED) is 0.768. The van der Waals surface area contributed by atoms with Gasteiger partial charge >= 0.3 is 0 Å². The molecule has 3 heteroatoms. The molecule has 0 aromatic heterocycles. The second-order valence-electron chi connectivity index (χ2n) is 4.59. The lowest BCUT2D eigenvalue weighted by Gasteiger charge is -2.16. The molecule has 0 bridgehead atoms. The number of para-hydroxylation sites is 1. The van der Waals surface area contributed by atoms with Crippen LogP contribution in [0, 0.1) is 5.41 Å². The highest BCUT2D eigenvalue weighted by atomic mass is 16.5. The maximum atomic E-state index is 9.17. The zero-order valence-electron chi connectivity index (χ0n) is 9.48. The van der Waals surface area contributed by atoms with Gasteiger partial charge in [-0.05, 0) is 31.9 Å². The highest BCUT2D eigenvalue weighted by molar-refractivity contribution is 5.32. The van der Waals surface area contributed by atoms with E-state index in [0.717, 1.165) is 30.9 Å². The SMILES string of the molecule is NCCC1(COc2ccccc2CO)CC1. The Labute approximate surface area is 96.2 Å². The Morgan fingerprint density at radius 1 is 1.31 bits per heavy atom. The summed E-state index contributed by atoms with van der Waals surface area (Å²) in [5.41, 5.74) is 6.75. The van der Waals surface area contributed by atoms with Gasteiger partial charge in [0.05, 0.1) is 13.2 Å². The van der Waals surface area contributed by atoms with Crippen molar-refractivity contribution in [1.29, 1.82) is 0 Å². The van der Waals surface area contributed by atoms with Gasteiger partial charge in [-0.1, -0.05) is 18.2 Å². The third kappa shape index (κ3) is 2.54. The normalized spacial score (nSPS) is 17.1. The van der Waals surface area contributed by atoms with Gasteiger partial charge in [0.25, 0.3) is 0 Å². The lowest BCUT2D eigenvalue weighted by molar-refractivity contribution is 0.215. The molecule has 0 aliphatic heterocycles. The number of benzene rings is 1. The average molecular weight is 221 g/mol. The van der Waals surface area contributed by atoms with E-state index < -0.39 is 0 Å². The molecule has 3 N–H and O–H groups in total. The monoisotopic (exact) mass is 221 g/mol. The Bertz CT molecular complexity index is 348. The average Bonchev–Trinajstić information content (AvgIpc) is 3.08. The van der Waals surface area contributed by atoms with Crippen LogP contribution in [0.4, 0.5) is 0 Å². The summed E-state index contributed by atoms with van der Waals surface area (Å²) in [4.78, 5) is 0. The molecule has 88 valence electrons. The van der Waals surface area contributed by atoms with E-state index >= 15 is 0 Å². The molecule has 1 aliphatic rings. The molecule has 0 atom stereocenters. The number of rotatable bonds is 6. The lowest BCUT2D eigenvalue weighted by atomic mass is 10.0. The van der Waals surface area contributed by atoms with E-state index in [1.807, 2.05) is 24.3 Å². The summed E-state index contributed by atoms with van der Waals surface area (Å²) < 4.78 is 5.79. The highest BCUT2D eigenvalue weighted by Crippen LogP contribution is 2.48. The Balaban J connectivity index is 1.94. The topological polar surface area (TPSA) is 55.5 Å². The van der Waals surface area contributed by atoms with E-state index in [9.17, 15) is 0 Å². The van der Waals surface area contributed by atoms with Crippen molar-refractivity contribution in [2.24, 2.45) is 11.1 Å². The van der Waals surface area contributed by atoms with Crippen LogP contribution in [0.15, 0.2) is 24.3 Å². The molecular weight excluding hydrogens is 202 g/mol. The van der Waals surface area contributed by atoms with Crippen LogP contribution < -0.4 is 10.5 Å². The molecule has 0 heterocycles. The van der Waals surface area contributed by atoms with Crippen LogP contribution in [0.2, 0.25) is 0 Å². The summed E-state index contributed by atoms with van der Waals surface area (Å²) in [5, 5.41) is 9.17. The van der Waals surface area contributed by atoms with E-state index in [4.69, 9.17) is 15.6 Å². The molecule has 1 saturated carbocycles. The van der Waals surface area contributed by atoms with E-state index in [2.05, 4.69) is 0 Å². The molecule has 2 rings (SSSR count). The predicted octanol–water partition coefficient (Wildman–Crippen LogP) is 1.69. The second kappa shape index (κ2) is 4.85. The van der Waals surface area contributed by atoms with Crippen LogP contribution >= 0.6 is 0 Å². The molecule has 0 amide bonds. The van der Waals surface area contributed by atoms with Crippen molar-refractivity contribution in [3.63, 3.8) is 0 Å². The molecule has 0 spiro atoms. The highest BCUT2D eigenvalue weighted by Gasteiger charge is 2.42. The molecule has 1 aromatic carbocycles. The fourth-order valence-corrected chi connectivity index (χ4v) is 1.96. The first kappa shape index (κ1) is 11.4. The summed E-state index contributed by atoms with van der Waals surface area (Å²) >= 11 is 0. The number of aliphatic hydroxyl groups excluding tert-OH is 1. The zero-order valence-corrected chi connectivity index (χ0v) is 9.48. The Morgan fingerprint density at radius 2 is 2.06 bits per heavy atom. The van der Waals surface area contributed by atoms with Gasteiger partial charge < -0.3 is 15.6 Å². The Morgan fingerprint density at radius 3 is 2.69 bits per heavy atom. The van der Waals surface area contributed by atoms with E-state index in [1.54, 1.807) is 0 Å². The number of aliphatic hydroxyl groups is 1. The Hall–Kier alpha value is -1.06. The first-order chi connectivity index (χ1) is 7.79. The molecule has 0 saturated heterocycles. The molecule has 0 radical (unpaired) electrons. The van der Waals surface area contributed by atoms with Crippen LogP contribution in [0.3, 0.4) is 0 Å². The fourth-order valence-electron chi connectivity index (χ4n) is 1.96. The van der Waals surface area contributed by atoms with Gasteiger partial charge in [-0.15, -0.1) is 0 Å². The van der Waals surface area contributed by atoms with Crippen molar-refractivity contribution in [2.75, 3.05) is 13.2 Å².